The van der Waals surface area contributed by atoms with Gasteiger partial charge >= 0.3 is 35.1 Å². The maximum Gasteiger partial charge on any atom is 0.460 e. The molecular formula is C15H12F13NO2S. The summed E-state index contributed by atoms with van der Waals surface area (Å²) in [6.07, 6.45) is -7.56. The summed E-state index contributed by atoms with van der Waals surface area (Å²) in [6.45, 7) is -1.37. The minimum absolute atomic E-state index is 0.246. The van der Waals surface area contributed by atoms with Gasteiger partial charge in [0.2, 0.25) is 9.84 Å². The molecule has 0 aliphatic heterocycles. The summed E-state index contributed by atoms with van der Waals surface area (Å²) in [5.41, 5.74) is 0.419. The van der Waals surface area contributed by atoms with Gasteiger partial charge in [-0.1, -0.05) is 30.3 Å². The minimum atomic E-state index is -8.15. The van der Waals surface area contributed by atoms with Gasteiger partial charge in [-0.2, -0.15) is 57.1 Å². The van der Waals surface area contributed by atoms with Crippen LogP contribution in [0.4, 0.5) is 57.1 Å². The highest BCUT2D eigenvalue weighted by Gasteiger charge is 2.92. The second kappa shape index (κ2) is 8.53. The van der Waals surface area contributed by atoms with Crippen LogP contribution in [-0.4, -0.2) is 55.8 Å². The molecule has 3 nitrogen and oxygen atoms in total. The van der Waals surface area contributed by atoms with Gasteiger partial charge in [-0.3, -0.25) is 0 Å². The molecule has 0 bridgehead atoms. The number of halogens is 13. The third kappa shape index (κ3) is 4.49. The highest BCUT2D eigenvalue weighted by molar-refractivity contribution is 7.92. The first-order valence-corrected chi connectivity index (χ1v) is 9.66. The van der Waals surface area contributed by atoms with Crippen molar-refractivity contribution in [2.45, 2.75) is 41.7 Å². The fraction of sp³-hybridized carbons (Fsp3) is 0.600. The zero-order valence-corrected chi connectivity index (χ0v) is 16.0. The van der Waals surface area contributed by atoms with Crippen LogP contribution in [0.3, 0.4) is 0 Å². The number of alkyl halides is 13. The maximum atomic E-state index is 13.7. The van der Waals surface area contributed by atoms with Crippen LogP contribution in [0.15, 0.2) is 30.3 Å². The van der Waals surface area contributed by atoms with Gasteiger partial charge in [0.15, 0.2) is 0 Å². The summed E-state index contributed by atoms with van der Waals surface area (Å²) in [5, 5.41) is -5.02. The van der Waals surface area contributed by atoms with Crippen molar-refractivity contribution in [1.82, 2.24) is 5.32 Å². The largest absolute Gasteiger partial charge is 0.460 e. The van der Waals surface area contributed by atoms with Crippen LogP contribution in [-0.2, 0) is 16.4 Å². The molecule has 0 fully saturated rings. The maximum absolute atomic E-state index is 13.7. The average molecular weight is 517 g/mol. The Balaban J connectivity index is 3.17. The average Bonchev–Trinajstić information content (AvgIpc) is 2.64. The summed E-state index contributed by atoms with van der Waals surface area (Å²) in [6, 6.07) is 7.40. The first-order chi connectivity index (χ1) is 14.1. The van der Waals surface area contributed by atoms with Gasteiger partial charge < -0.3 is 5.32 Å². The second-order valence-corrected chi connectivity index (χ2v) is 8.44. The Morgan fingerprint density at radius 3 is 1.53 bits per heavy atom. The van der Waals surface area contributed by atoms with Crippen molar-refractivity contribution in [2.75, 3.05) is 12.3 Å². The molecule has 0 radical (unpaired) electrons. The summed E-state index contributed by atoms with van der Waals surface area (Å²) in [4.78, 5) is 0. The molecule has 0 aliphatic rings. The zero-order chi connectivity index (χ0) is 25.4. The van der Waals surface area contributed by atoms with E-state index in [-0.39, 0.29) is 6.54 Å². The quantitative estimate of drug-likeness (QED) is 0.356. The van der Waals surface area contributed by atoms with Crippen LogP contribution in [0.2, 0.25) is 0 Å². The monoisotopic (exact) mass is 517 g/mol. The van der Waals surface area contributed by atoms with E-state index in [9.17, 15) is 65.5 Å². The molecule has 0 saturated carbocycles. The van der Waals surface area contributed by atoms with Crippen LogP contribution in [0.1, 0.15) is 5.56 Å². The number of rotatable bonds is 10. The molecule has 0 saturated heterocycles. The summed E-state index contributed by atoms with van der Waals surface area (Å²) >= 11 is 0. The van der Waals surface area contributed by atoms with Crippen molar-refractivity contribution in [3.05, 3.63) is 35.9 Å². The topological polar surface area (TPSA) is 46.2 Å². The van der Waals surface area contributed by atoms with Gasteiger partial charge in [0.25, 0.3) is 0 Å². The van der Waals surface area contributed by atoms with E-state index in [1.165, 1.54) is 24.3 Å². The molecular weight excluding hydrogens is 505 g/mol. The van der Waals surface area contributed by atoms with E-state index in [4.69, 9.17) is 0 Å². The molecule has 1 N–H and O–H groups in total. The Bertz CT molecular complexity index is 882. The predicted octanol–water partition coefficient (Wildman–Crippen LogP) is 4.89. The lowest BCUT2D eigenvalue weighted by molar-refractivity contribution is -0.433. The molecule has 0 heterocycles. The first-order valence-electron chi connectivity index (χ1n) is 8.00. The second-order valence-electron chi connectivity index (χ2n) is 6.29. The predicted molar refractivity (Wildman–Crippen MR) is 82.7 cm³/mol. The summed E-state index contributed by atoms with van der Waals surface area (Å²) in [7, 11) is -6.78. The van der Waals surface area contributed by atoms with Crippen molar-refractivity contribution in [2.24, 2.45) is 0 Å². The summed E-state index contributed by atoms with van der Waals surface area (Å²) < 4.78 is 192. The Hall–Kier alpha value is -1.78. The van der Waals surface area contributed by atoms with Gasteiger partial charge in [0, 0.05) is 13.1 Å². The van der Waals surface area contributed by atoms with E-state index in [1.54, 1.807) is 6.07 Å². The van der Waals surface area contributed by atoms with Crippen molar-refractivity contribution in [3.8, 4) is 0 Å². The van der Waals surface area contributed by atoms with Gasteiger partial charge in [-0.15, -0.1) is 0 Å². The lowest BCUT2D eigenvalue weighted by atomic mass is 9.98. The fourth-order valence-corrected chi connectivity index (χ4v) is 3.30. The molecule has 0 aliphatic carbocycles. The van der Waals surface area contributed by atoms with Crippen LogP contribution in [0.25, 0.3) is 0 Å². The van der Waals surface area contributed by atoms with Gasteiger partial charge in [-0.05, 0) is 5.56 Å². The van der Waals surface area contributed by atoms with Gasteiger partial charge in [0.05, 0.1) is 5.75 Å². The summed E-state index contributed by atoms with van der Waals surface area (Å²) in [5.74, 6) is -34.2. The molecule has 0 aromatic heterocycles. The van der Waals surface area contributed by atoms with Crippen molar-refractivity contribution in [3.63, 3.8) is 0 Å². The van der Waals surface area contributed by atoms with Crippen molar-refractivity contribution >= 4 is 9.84 Å². The smallest absolute Gasteiger partial charge is 0.312 e. The Morgan fingerprint density at radius 2 is 1.09 bits per heavy atom. The highest BCUT2D eigenvalue weighted by atomic mass is 32.2. The van der Waals surface area contributed by atoms with E-state index in [0.717, 1.165) is 0 Å². The standard InChI is InChI=1S/C15H12F13NO2S/c16-10(17,12(20,21)14(24,25)26)11(18,19)13(22,23)15(27,28)32(30,31)7-6-29-8-9-4-2-1-3-5-9/h1-5,29H,6-8H2. The Kier molecular flexibility index (Phi) is 7.53. The molecule has 1 aromatic rings. The molecule has 0 amide bonds. The highest BCUT2D eigenvalue weighted by Crippen LogP contribution is 2.61. The van der Waals surface area contributed by atoms with E-state index in [2.05, 4.69) is 5.32 Å². The Morgan fingerprint density at radius 1 is 0.656 bits per heavy atom. The molecule has 1 rings (SSSR count). The molecule has 1 aromatic carbocycles. The number of benzene rings is 1. The lowest BCUT2D eigenvalue weighted by Crippen LogP contribution is -2.71. The van der Waals surface area contributed by atoms with Crippen LogP contribution in [0, 0.1) is 0 Å². The van der Waals surface area contributed by atoms with Gasteiger partial charge in [0.1, 0.15) is 0 Å². The van der Waals surface area contributed by atoms with E-state index in [1.807, 2.05) is 0 Å². The molecule has 186 valence electrons. The minimum Gasteiger partial charge on any atom is -0.312 e. The lowest BCUT2D eigenvalue weighted by Gasteiger charge is -2.39. The number of nitrogens with one attached hydrogen (secondary N) is 1. The van der Waals surface area contributed by atoms with Gasteiger partial charge in [-0.25, -0.2) is 8.42 Å². The third-order valence-electron chi connectivity index (χ3n) is 4.01. The molecule has 0 spiro atoms. The van der Waals surface area contributed by atoms with E-state index in [0.29, 0.717) is 5.56 Å². The molecule has 32 heavy (non-hydrogen) atoms. The van der Waals surface area contributed by atoms with Crippen molar-refractivity contribution < 1.29 is 65.5 Å². The fourth-order valence-electron chi connectivity index (χ4n) is 2.11. The number of hydrogen-bond donors (Lipinski definition) is 1. The van der Waals surface area contributed by atoms with E-state index >= 15 is 0 Å². The molecule has 0 atom stereocenters. The third-order valence-corrected chi connectivity index (χ3v) is 5.79. The molecule has 17 heteroatoms. The van der Waals surface area contributed by atoms with E-state index < -0.39 is 57.3 Å². The molecule has 0 unspecified atom stereocenters. The number of sulfone groups is 1. The zero-order valence-electron chi connectivity index (χ0n) is 15.1. The number of hydrogen-bond acceptors (Lipinski definition) is 3. The normalized spacial score (nSPS) is 15.2. The SMILES string of the molecule is O=S(=O)(CCNCc1ccccc1)C(F)(F)C(F)(F)C(F)(F)C(F)(F)C(F)(F)C(F)(F)F. The first kappa shape index (κ1) is 28.3. The van der Waals surface area contributed by atoms with Crippen LogP contribution < -0.4 is 5.32 Å². The van der Waals surface area contributed by atoms with Crippen LogP contribution >= 0.6 is 0 Å². The van der Waals surface area contributed by atoms with Crippen molar-refractivity contribution in [1.29, 1.82) is 0 Å². The van der Waals surface area contributed by atoms with Crippen LogP contribution in [0.5, 0.6) is 0 Å². The Labute approximate surface area is 171 Å².